The van der Waals surface area contributed by atoms with Gasteiger partial charge in [0.2, 0.25) is 0 Å². The highest BCUT2D eigenvalue weighted by atomic mass is 35.5. The topological polar surface area (TPSA) is 46.5 Å². The van der Waals surface area contributed by atoms with Gasteiger partial charge < -0.3 is 9.84 Å². The Kier molecular flexibility index (Phi) is 5.40. The molecule has 0 unspecified atom stereocenters. The third kappa shape index (κ3) is 4.57. The zero-order chi connectivity index (χ0) is 17.0. The molecule has 3 nitrogen and oxygen atoms in total. The maximum atomic E-state index is 13.0. The Labute approximate surface area is 139 Å². The highest BCUT2D eigenvalue weighted by molar-refractivity contribution is 6.32. The first-order chi connectivity index (χ1) is 10.9. The van der Waals surface area contributed by atoms with Crippen LogP contribution < -0.4 is 4.74 Å². The second-order valence-corrected chi connectivity index (χ2v) is 5.63. The van der Waals surface area contributed by atoms with Crippen molar-refractivity contribution in [2.24, 2.45) is 0 Å². The number of halogens is 2. The zero-order valence-corrected chi connectivity index (χ0v) is 13.5. The second-order valence-electron chi connectivity index (χ2n) is 5.23. The van der Waals surface area contributed by atoms with Crippen LogP contribution in [0.3, 0.4) is 0 Å². The van der Waals surface area contributed by atoms with Gasteiger partial charge in [0.05, 0.1) is 16.7 Å². The molecule has 0 saturated carbocycles. The van der Waals surface area contributed by atoms with Crippen molar-refractivity contribution < 1.29 is 19.0 Å². The Balaban J connectivity index is 2.38. The van der Waals surface area contributed by atoms with E-state index >= 15 is 0 Å². The lowest BCUT2D eigenvalue weighted by Crippen LogP contribution is -2.05. The molecule has 5 heteroatoms. The van der Waals surface area contributed by atoms with Crippen molar-refractivity contribution in [2.75, 3.05) is 0 Å². The molecule has 0 amide bonds. The van der Waals surface area contributed by atoms with E-state index in [0.717, 1.165) is 0 Å². The minimum Gasteiger partial charge on any atom is -0.489 e. The highest BCUT2D eigenvalue weighted by Gasteiger charge is 2.12. The SMILES string of the molecule is CC(C)Oc1ccc(/C=C(\C(=O)O)c2ccc(F)cc2)cc1Cl. The van der Waals surface area contributed by atoms with Crippen molar-refractivity contribution >= 4 is 29.2 Å². The molecule has 0 atom stereocenters. The molecule has 2 aromatic carbocycles. The van der Waals surface area contributed by atoms with E-state index in [1.54, 1.807) is 18.2 Å². The lowest BCUT2D eigenvalue weighted by atomic mass is 10.0. The van der Waals surface area contributed by atoms with Gasteiger partial charge in [-0.15, -0.1) is 0 Å². The van der Waals surface area contributed by atoms with Gasteiger partial charge in [0.25, 0.3) is 0 Å². The summed E-state index contributed by atoms with van der Waals surface area (Å²) in [4.78, 5) is 11.5. The Bertz CT molecular complexity index is 736. The van der Waals surface area contributed by atoms with Gasteiger partial charge >= 0.3 is 5.97 Å². The van der Waals surface area contributed by atoms with Gasteiger partial charge in [0.1, 0.15) is 11.6 Å². The minimum atomic E-state index is -1.10. The van der Waals surface area contributed by atoms with Crippen LogP contribution in [-0.4, -0.2) is 17.2 Å². The van der Waals surface area contributed by atoms with Crippen molar-refractivity contribution in [3.63, 3.8) is 0 Å². The molecular weight excluding hydrogens is 319 g/mol. The molecule has 0 bridgehead atoms. The maximum Gasteiger partial charge on any atom is 0.336 e. The number of benzene rings is 2. The fraction of sp³-hybridized carbons (Fsp3) is 0.167. The van der Waals surface area contributed by atoms with Crippen molar-refractivity contribution in [2.45, 2.75) is 20.0 Å². The van der Waals surface area contributed by atoms with Gasteiger partial charge in [0, 0.05) is 0 Å². The van der Waals surface area contributed by atoms with E-state index < -0.39 is 11.8 Å². The molecular formula is C18H16ClFO3. The average Bonchev–Trinajstić information content (AvgIpc) is 2.48. The highest BCUT2D eigenvalue weighted by Crippen LogP contribution is 2.28. The normalized spacial score (nSPS) is 11.6. The molecule has 0 saturated heterocycles. The van der Waals surface area contributed by atoms with Crippen LogP contribution in [0.4, 0.5) is 4.39 Å². The molecule has 0 aliphatic rings. The molecule has 0 fully saturated rings. The summed E-state index contributed by atoms with van der Waals surface area (Å²) in [5.74, 6) is -0.982. The number of rotatable bonds is 5. The number of hydrogen-bond donors (Lipinski definition) is 1. The first kappa shape index (κ1) is 17.0. The minimum absolute atomic E-state index is 0.0114. The average molecular weight is 335 g/mol. The molecule has 0 aliphatic heterocycles. The van der Waals surface area contributed by atoms with Crippen LogP contribution in [0.5, 0.6) is 5.75 Å². The van der Waals surface area contributed by atoms with Gasteiger partial charge in [-0.1, -0.05) is 29.8 Å². The van der Waals surface area contributed by atoms with Crippen molar-refractivity contribution in [1.82, 2.24) is 0 Å². The molecule has 1 N–H and O–H groups in total. The van der Waals surface area contributed by atoms with E-state index in [1.165, 1.54) is 30.3 Å². The predicted molar refractivity (Wildman–Crippen MR) is 89.1 cm³/mol. The van der Waals surface area contributed by atoms with E-state index in [9.17, 15) is 14.3 Å². The number of aliphatic carboxylic acids is 1. The van der Waals surface area contributed by atoms with E-state index in [2.05, 4.69) is 0 Å². The Morgan fingerprint density at radius 3 is 2.39 bits per heavy atom. The molecule has 120 valence electrons. The number of ether oxygens (including phenoxy) is 1. The summed E-state index contributed by atoms with van der Waals surface area (Å²) in [6, 6.07) is 10.3. The molecule has 0 aromatic heterocycles. The molecule has 2 aromatic rings. The maximum absolute atomic E-state index is 13.0. The summed E-state index contributed by atoms with van der Waals surface area (Å²) in [5, 5.41) is 9.78. The van der Waals surface area contributed by atoms with E-state index in [0.29, 0.717) is 21.9 Å². The first-order valence-corrected chi connectivity index (χ1v) is 7.41. The van der Waals surface area contributed by atoms with E-state index in [-0.39, 0.29) is 11.7 Å². The third-order valence-electron chi connectivity index (χ3n) is 3.02. The van der Waals surface area contributed by atoms with E-state index in [4.69, 9.17) is 16.3 Å². The van der Waals surface area contributed by atoms with Gasteiger partial charge in [-0.2, -0.15) is 0 Å². The van der Waals surface area contributed by atoms with Crippen LogP contribution in [-0.2, 0) is 4.79 Å². The number of hydrogen-bond acceptors (Lipinski definition) is 2. The summed E-state index contributed by atoms with van der Waals surface area (Å²) >= 11 is 6.15. The first-order valence-electron chi connectivity index (χ1n) is 7.04. The molecule has 0 aliphatic carbocycles. The molecule has 23 heavy (non-hydrogen) atoms. The number of carbonyl (C=O) groups is 1. The molecule has 2 rings (SSSR count). The third-order valence-corrected chi connectivity index (χ3v) is 3.31. The second kappa shape index (κ2) is 7.29. The van der Waals surface area contributed by atoms with Gasteiger partial charge in [0.15, 0.2) is 0 Å². The Morgan fingerprint density at radius 1 is 1.22 bits per heavy atom. The lowest BCUT2D eigenvalue weighted by molar-refractivity contribution is -0.130. The summed E-state index contributed by atoms with van der Waals surface area (Å²) in [5.41, 5.74) is 1.09. The van der Waals surface area contributed by atoms with Gasteiger partial charge in [-0.25, -0.2) is 9.18 Å². The van der Waals surface area contributed by atoms with Crippen LogP contribution >= 0.6 is 11.6 Å². The zero-order valence-electron chi connectivity index (χ0n) is 12.7. The summed E-state index contributed by atoms with van der Waals surface area (Å²) in [7, 11) is 0. The van der Waals surface area contributed by atoms with Crippen molar-refractivity contribution in [3.8, 4) is 5.75 Å². The van der Waals surface area contributed by atoms with Crippen molar-refractivity contribution in [1.29, 1.82) is 0 Å². The largest absolute Gasteiger partial charge is 0.489 e. The lowest BCUT2D eigenvalue weighted by Gasteiger charge is -2.11. The fourth-order valence-electron chi connectivity index (χ4n) is 2.02. The van der Waals surface area contributed by atoms with Crippen LogP contribution in [0.25, 0.3) is 11.6 Å². The monoisotopic (exact) mass is 334 g/mol. The quantitative estimate of drug-likeness (QED) is 0.625. The molecule has 0 spiro atoms. The molecule has 0 radical (unpaired) electrons. The number of carboxylic acids is 1. The van der Waals surface area contributed by atoms with E-state index in [1.807, 2.05) is 13.8 Å². The smallest absolute Gasteiger partial charge is 0.336 e. The molecule has 0 heterocycles. The summed E-state index contributed by atoms with van der Waals surface area (Å²) in [6.07, 6.45) is 1.48. The van der Waals surface area contributed by atoms with Crippen LogP contribution in [0.15, 0.2) is 42.5 Å². The summed E-state index contributed by atoms with van der Waals surface area (Å²) in [6.45, 7) is 3.78. The van der Waals surface area contributed by atoms with Crippen LogP contribution in [0.2, 0.25) is 5.02 Å². The Morgan fingerprint density at radius 2 is 1.87 bits per heavy atom. The predicted octanol–water partition coefficient (Wildman–Crippen LogP) is 4.89. The standard InChI is InChI=1S/C18H16ClFO3/c1-11(2)23-17-8-3-12(10-16(17)19)9-15(18(21)22)13-4-6-14(20)7-5-13/h3-11H,1-2H3,(H,21,22)/b15-9-. The summed E-state index contributed by atoms with van der Waals surface area (Å²) < 4.78 is 18.5. The Hall–Kier alpha value is -2.33. The van der Waals surface area contributed by atoms with Gasteiger partial charge in [-0.05, 0) is 55.3 Å². The fourth-order valence-corrected chi connectivity index (χ4v) is 2.25. The van der Waals surface area contributed by atoms with Gasteiger partial charge in [-0.3, -0.25) is 0 Å². The number of carboxylic acid groups (broad SMARTS) is 1. The van der Waals surface area contributed by atoms with Crippen molar-refractivity contribution in [3.05, 3.63) is 64.4 Å². The van der Waals surface area contributed by atoms with Crippen LogP contribution in [0.1, 0.15) is 25.0 Å². The van der Waals surface area contributed by atoms with Crippen LogP contribution in [0, 0.1) is 5.82 Å².